The van der Waals surface area contributed by atoms with Crippen LogP contribution in [0.2, 0.25) is 0 Å². The average Bonchev–Trinajstić information content (AvgIpc) is 3.20. The third-order valence-corrected chi connectivity index (χ3v) is 4.82. The van der Waals surface area contributed by atoms with Crippen molar-refractivity contribution in [3.05, 3.63) is 83.8 Å². The van der Waals surface area contributed by atoms with Crippen LogP contribution in [0.15, 0.2) is 60.9 Å². The lowest BCUT2D eigenvalue weighted by molar-refractivity contribution is 0.102. The molecule has 8 heteroatoms. The van der Waals surface area contributed by atoms with Gasteiger partial charge < -0.3 is 10.2 Å². The second-order valence-electron chi connectivity index (χ2n) is 6.90. The molecule has 0 unspecified atom stereocenters. The lowest BCUT2D eigenvalue weighted by atomic mass is 10.1. The normalized spacial score (nSPS) is 10.9. The van der Waals surface area contributed by atoms with Gasteiger partial charge in [0.25, 0.3) is 5.91 Å². The number of halogens is 2. The van der Waals surface area contributed by atoms with Crippen molar-refractivity contribution in [2.45, 2.75) is 6.42 Å². The number of carbonyl (C=O) groups excluding carboxylic acids is 1. The highest BCUT2D eigenvalue weighted by molar-refractivity contribution is 6.05. The summed E-state index contributed by atoms with van der Waals surface area (Å²) >= 11 is 0. The largest absolute Gasteiger partial charge is 0.372 e. The van der Waals surface area contributed by atoms with Crippen molar-refractivity contribution >= 4 is 28.2 Å². The molecule has 2 aromatic heterocycles. The van der Waals surface area contributed by atoms with Crippen LogP contribution in [0.4, 0.5) is 20.2 Å². The molecule has 2 aromatic carbocycles. The first-order valence-corrected chi connectivity index (χ1v) is 9.36. The van der Waals surface area contributed by atoms with E-state index in [1.165, 1.54) is 6.07 Å². The van der Waals surface area contributed by atoms with E-state index in [0.29, 0.717) is 18.7 Å². The number of fused-ring (bicyclic) bond motifs is 1. The molecular formula is C22H19F2N5O. The van der Waals surface area contributed by atoms with Gasteiger partial charge in [-0.3, -0.25) is 14.9 Å². The number of nitrogens with zero attached hydrogens (tertiary/aromatic N) is 3. The number of carbonyl (C=O) groups is 1. The van der Waals surface area contributed by atoms with Crippen LogP contribution in [-0.4, -0.2) is 34.7 Å². The van der Waals surface area contributed by atoms with Crippen LogP contribution in [0.25, 0.3) is 10.9 Å². The average molecular weight is 407 g/mol. The molecule has 0 saturated carbocycles. The molecule has 4 rings (SSSR count). The summed E-state index contributed by atoms with van der Waals surface area (Å²) in [6.45, 7) is 0.455. The molecule has 0 aliphatic rings. The van der Waals surface area contributed by atoms with E-state index < -0.39 is 17.5 Å². The summed E-state index contributed by atoms with van der Waals surface area (Å²) in [4.78, 5) is 18.5. The summed E-state index contributed by atoms with van der Waals surface area (Å²) in [5, 5.41) is 10.3. The van der Waals surface area contributed by atoms with Crippen molar-refractivity contribution < 1.29 is 13.6 Å². The molecule has 0 saturated heterocycles. The van der Waals surface area contributed by atoms with Gasteiger partial charge >= 0.3 is 0 Å². The Morgan fingerprint density at radius 1 is 1.13 bits per heavy atom. The van der Waals surface area contributed by atoms with Gasteiger partial charge in [-0.2, -0.15) is 5.10 Å². The fraction of sp³-hybridized carbons (Fsp3) is 0.136. The molecule has 152 valence electrons. The Morgan fingerprint density at radius 3 is 2.80 bits per heavy atom. The molecule has 4 aromatic rings. The highest BCUT2D eigenvalue weighted by Gasteiger charge is 2.18. The highest BCUT2D eigenvalue weighted by Crippen LogP contribution is 2.24. The van der Waals surface area contributed by atoms with E-state index in [2.05, 4.69) is 20.5 Å². The summed E-state index contributed by atoms with van der Waals surface area (Å²) in [6.07, 6.45) is 3.93. The first kappa shape index (κ1) is 19.5. The van der Waals surface area contributed by atoms with Crippen LogP contribution < -0.4 is 10.2 Å². The van der Waals surface area contributed by atoms with Gasteiger partial charge in [0.05, 0.1) is 23.0 Å². The minimum absolute atomic E-state index is 0.140. The zero-order valence-electron chi connectivity index (χ0n) is 16.2. The molecule has 0 fully saturated rings. The molecule has 1 amide bonds. The molecule has 30 heavy (non-hydrogen) atoms. The molecule has 0 spiro atoms. The Labute approximate surface area is 171 Å². The van der Waals surface area contributed by atoms with E-state index in [1.807, 2.05) is 18.2 Å². The smallest absolute Gasteiger partial charge is 0.258 e. The Hall–Kier alpha value is -3.81. The fourth-order valence-corrected chi connectivity index (χ4v) is 3.17. The minimum atomic E-state index is -0.922. The van der Waals surface area contributed by atoms with E-state index in [0.717, 1.165) is 22.7 Å². The van der Waals surface area contributed by atoms with Gasteiger partial charge in [0.2, 0.25) is 0 Å². The van der Waals surface area contributed by atoms with Gasteiger partial charge in [-0.25, -0.2) is 8.78 Å². The number of likely N-dealkylation sites (N-methyl/N-ethyl adjacent to an activating group) is 1. The molecular weight excluding hydrogens is 388 g/mol. The number of aromatic amines is 1. The standard InChI is InChI=1S/C22H19F2N5O/c1-29(9-7-15-4-2-3-8-25-15)21-11-17(18(23)12-19(21)24)22(30)27-16-6-5-14-13-26-28-20(14)10-16/h2-6,8,10-13H,7,9H2,1H3,(H,26,28)(H,27,30). The summed E-state index contributed by atoms with van der Waals surface area (Å²) in [7, 11) is 1.69. The van der Waals surface area contributed by atoms with Crippen LogP contribution >= 0.6 is 0 Å². The summed E-state index contributed by atoms with van der Waals surface area (Å²) in [5.74, 6) is -2.31. The molecule has 2 N–H and O–H groups in total. The molecule has 0 radical (unpaired) electrons. The topological polar surface area (TPSA) is 73.9 Å². The predicted octanol–water partition coefficient (Wildman–Crippen LogP) is 4.17. The van der Waals surface area contributed by atoms with Crippen molar-refractivity contribution in [1.82, 2.24) is 15.2 Å². The zero-order valence-corrected chi connectivity index (χ0v) is 16.2. The van der Waals surface area contributed by atoms with Gasteiger partial charge in [0, 0.05) is 49.0 Å². The van der Waals surface area contributed by atoms with E-state index in [-0.39, 0.29) is 11.3 Å². The van der Waals surface area contributed by atoms with Gasteiger partial charge in [0.1, 0.15) is 11.6 Å². The first-order valence-electron chi connectivity index (χ1n) is 9.36. The van der Waals surface area contributed by atoms with E-state index >= 15 is 0 Å². The van der Waals surface area contributed by atoms with Crippen molar-refractivity contribution in [1.29, 1.82) is 0 Å². The highest BCUT2D eigenvalue weighted by atomic mass is 19.1. The number of rotatable bonds is 6. The van der Waals surface area contributed by atoms with E-state index in [4.69, 9.17) is 0 Å². The molecule has 2 heterocycles. The first-order chi connectivity index (χ1) is 14.5. The Kier molecular flexibility index (Phi) is 5.38. The van der Waals surface area contributed by atoms with Crippen LogP contribution in [0.5, 0.6) is 0 Å². The molecule has 0 aliphatic heterocycles. The summed E-state index contributed by atoms with van der Waals surface area (Å²) in [5.41, 5.74) is 1.98. The molecule has 0 aliphatic carbocycles. The fourth-order valence-electron chi connectivity index (χ4n) is 3.17. The third kappa shape index (κ3) is 4.12. The second-order valence-corrected chi connectivity index (χ2v) is 6.90. The zero-order chi connectivity index (χ0) is 21.1. The van der Waals surface area contributed by atoms with Gasteiger partial charge in [-0.15, -0.1) is 0 Å². The Bertz CT molecular complexity index is 1190. The van der Waals surface area contributed by atoms with Crippen molar-refractivity contribution in [2.24, 2.45) is 0 Å². The maximum atomic E-state index is 14.4. The van der Waals surface area contributed by atoms with Crippen molar-refractivity contribution in [3.63, 3.8) is 0 Å². The lowest BCUT2D eigenvalue weighted by Gasteiger charge is -2.21. The number of nitrogens with one attached hydrogen (secondary N) is 2. The monoisotopic (exact) mass is 407 g/mol. The third-order valence-electron chi connectivity index (χ3n) is 4.82. The molecule has 6 nitrogen and oxygen atoms in total. The van der Waals surface area contributed by atoms with Gasteiger partial charge in [-0.1, -0.05) is 6.07 Å². The number of aromatic nitrogens is 3. The van der Waals surface area contributed by atoms with Crippen LogP contribution in [-0.2, 0) is 6.42 Å². The number of H-pyrrole nitrogens is 1. The Morgan fingerprint density at radius 2 is 2.00 bits per heavy atom. The SMILES string of the molecule is CN(CCc1ccccn1)c1cc(C(=O)Nc2ccc3cn[nH]c3c2)c(F)cc1F. The minimum Gasteiger partial charge on any atom is -0.372 e. The summed E-state index contributed by atoms with van der Waals surface area (Å²) < 4.78 is 28.8. The van der Waals surface area contributed by atoms with Gasteiger partial charge in [-0.05, 0) is 36.4 Å². The van der Waals surface area contributed by atoms with Gasteiger partial charge in [0.15, 0.2) is 0 Å². The van der Waals surface area contributed by atoms with Crippen LogP contribution in [0.3, 0.4) is 0 Å². The molecule has 0 atom stereocenters. The number of pyridine rings is 1. The number of hydrogen-bond acceptors (Lipinski definition) is 4. The maximum Gasteiger partial charge on any atom is 0.258 e. The lowest BCUT2D eigenvalue weighted by Crippen LogP contribution is -2.23. The number of anilines is 2. The number of amides is 1. The second kappa shape index (κ2) is 8.28. The predicted molar refractivity (Wildman–Crippen MR) is 112 cm³/mol. The quantitative estimate of drug-likeness (QED) is 0.503. The maximum absolute atomic E-state index is 14.4. The van der Waals surface area contributed by atoms with Crippen LogP contribution in [0.1, 0.15) is 16.1 Å². The van der Waals surface area contributed by atoms with Crippen LogP contribution in [0, 0.1) is 11.6 Å². The number of hydrogen-bond donors (Lipinski definition) is 2. The Balaban J connectivity index is 1.53. The molecule has 0 bridgehead atoms. The van der Waals surface area contributed by atoms with Crippen molar-refractivity contribution in [3.8, 4) is 0 Å². The number of benzene rings is 2. The van der Waals surface area contributed by atoms with E-state index in [1.54, 1.807) is 42.5 Å². The van der Waals surface area contributed by atoms with E-state index in [9.17, 15) is 13.6 Å². The summed E-state index contributed by atoms with van der Waals surface area (Å²) in [6, 6.07) is 12.7. The van der Waals surface area contributed by atoms with Crippen molar-refractivity contribution in [2.75, 3.05) is 23.8 Å².